The first kappa shape index (κ1) is 27.2. The molecule has 2 heterocycles. The average molecular weight is 549 g/mol. The molecule has 0 spiro atoms. The van der Waals surface area contributed by atoms with Crippen molar-refractivity contribution in [1.29, 1.82) is 0 Å². The summed E-state index contributed by atoms with van der Waals surface area (Å²) in [6.07, 6.45) is 0.696. The highest BCUT2D eigenvalue weighted by Crippen LogP contribution is 2.24. The summed E-state index contributed by atoms with van der Waals surface area (Å²) in [5, 5.41) is 5.35. The lowest BCUT2D eigenvalue weighted by Gasteiger charge is -2.09. The van der Waals surface area contributed by atoms with Crippen LogP contribution in [0.3, 0.4) is 0 Å². The number of carbonyl (C=O) groups excluding carboxylic acids is 4. The predicted molar refractivity (Wildman–Crippen MR) is 145 cm³/mol. The van der Waals surface area contributed by atoms with Gasteiger partial charge in [0, 0.05) is 23.1 Å². The summed E-state index contributed by atoms with van der Waals surface area (Å²) >= 11 is 0.889. The summed E-state index contributed by atoms with van der Waals surface area (Å²) in [7, 11) is 1.26. The first-order valence-corrected chi connectivity index (χ1v) is 12.6. The normalized spacial score (nSPS) is 10.6. The van der Waals surface area contributed by atoms with Crippen LogP contribution in [0.1, 0.15) is 59.9 Å². The number of anilines is 2. The minimum atomic E-state index is -0.723. The molecule has 2 aromatic heterocycles. The van der Waals surface area contributed by atoms with Crippen molar-refractivity contribution in [2.24, 2.45) is 0 Å². The Morgan fingerprint density at radius 3 is 2.03 bits per heavy atom. The van der Waals surface area contributed by atoms with Crippen LogP contribution >= 0.6 is 11.3 Å². The number of amides is 2. The Labute approximate surface area is 226 Å². The molecule has 11 nitrogen and oxygen atoms in total. The summed E-state index contributed by atoms with van der Waals surface area (Å²) in [5.41, 5.74) is 1.03. The van der Waals surface area contributed by atoms with Gasteiger partial charge in [0.1, 0.15) is 10.6 Å². The topological polar surface area (TPSA) is 145 Å². The van der Waals surface area contributed by atoms with Crippen molar-refractivity contribution >= 4 is 51.4 Å². The van der Waals surface area contributed by atoms with Gasteiger partial charge in [0.25, 0.3) is 17.4 Å². The minimum Gasteiger partial charge on any atom is -0.465 e. The molecular weight excluding hydrogens is 524 g/mol. The number of methoxy groups -OCH3 is 1. The summed E-state index contributed by atoms with van der Waals surface area (Å²) in [5.74, 6) is -2.37. The molecule has 0 saturated carbocycles. The van der Waals surface area contributed by atoms with E-state index in [4.69, 9.17) is 4.74 Å². The van der Waals surface area contributed by atoms with Crippen molar-refractivity contribution in [2.45, 2.75) is 20.3 Å². The number of hydrogen-bond acceptors (Lipinski definition) is 9. The fourth-order valence-electron chi connectivity index (χ4n) is 3.60. The third-order valence-electron chi connectivity index (χ3n) is 5.45. The van der Waals surface area contributed by atoms with Gasteiger partial charge >= 0.3 is 11.9 Å². The van der Waals surface area contributed by atoms with Crippen LogP contribution in [0.5, 0.6) is 0 Å². The van der Waals surface area contributed by atoms with Crippen LogP contribution in [0.2, 0.25) is 0 Å². The van der Waals surface area contributed by atoms with Gasteiger partial charge in [0.15, 0.2) is 4.96 Å². The van der Waals surface area contributed by atoms with Gasteiger partial charge in [-0.2, -0.15) is 0 Å². The molecule has 0 saturated heterocycles. The fourth-order valence-corrected chi connectivity index (χ4v) is 4.67. The number of benzene rings is 2. The van der Waals surface area contributed by atoms with Crippen molar-refractivity contribution in [3.05, 3.63) is 92.3 Å². The van der Waals surface area contributed by atoms with Crippen LogP contribution in [-0.4, -0.2) is 46.9 Å². The summed E-state index contributed by atoms with van der Waals surface area (Å²) in [4.78, 5) is 67.7. The Hall–Kier alpha value is -4.84. The number of hydrogen-bond donors (Lipinski definition) is 2. The predicted octanol–water partition coefficient (Wildman–Crippen LogP) is 3.92. The highest BCUT2D eigenvalue weighted by Gasteiger charge is 2.26. The molecule has 0 radical (unpaired) electrons. The lowest BCUT2D eigenvalue weighted by Crippen LogP contribution is -2.25. The number of esters is 2. The third-order valence-corrected chi connectivity index (χ3v) is 6.49. The first-order chi connectivity index (χ1) is 18.7. The van der Waals surface area contributed by atoms with Crippen LogP contribution in [0.15, 0.2) is 59.4 Å². The van der Waals surface area contributed by atoms with E-state index in [1.807, 2.05) is 6.92 Å². The van der Waals surface area contributed by atoms with Gasteiger partial charge < -0.3 is 20.1 Å². The van der Waals surface area contributed by atoms with E-state index >= 15 is 0 Å². The van der Waals surface area contributed by atoms with Gasteiger partial charge in [-0.1, -0.05) is 18.3 Å². The Morgan fingerprint density at radius 2 is 1.46 bits per heavy atom. The van der Waals surface area contributed by atoms with Crippen molar-refractivity contribution in [1.82, 2.24) is 9.38 Å². The third kappa shape index (κ3) is 6.02. The molecule has 0 aliphatic rings. The molecule has 4 rings (SSSR count). The second-order valence-corrected chi connectivity index (χ2v) is 9.30. The Bertz CT molecular complexity index is 1620. The van der Waals surface area contributed by atoms with Gasteiger partial charge in [0.05, 0.1) is 24.8 Å². The Morgan fingerprint density at radius 1 is 0.897 bits per heavy atom. The lowest BCUT2D eigenvalue weighted by molar-refractivity contribution is 0.0504. The van der Waals surface area contributed by atoms with Gasteiger partial charge in [-0.15, -0.1) is 0 Å². The molecule has 4 aromatic rings. The van der Waals surface area contributed by atoms with Crippen LogP contribution in [0.4, 0.5) is 11.4 Å². The number of nitrogens with one attached hydrogen (secondary N) is 2. The number of carbonyl (C=O) groups is 4. The second-order valence-electron chi connectivity index (χ2n) is 8.32. The Balaban J connectivity index is 1.64. The number of aromatic nitrogens is 2. The van der Waals surface area contributed by atoms with Gasteiger partial charge in [-0.3, -0.25) is 14.4 Å². The molecule has 0 aliphatic carbocycles. The van der Waals surface area contributed by atoms with Crippen molar-refractivity contribution in [2.75, 3.05) is 24.4 Å². The van der Waals surface area contributed by atoms with Crippen molar-refractivity contribution in [3.8, 4) is 0 Å². The van der Waals surface area contributed by atoms with E-state index in [-0.39, 0.29) is 21.1 Å². The minimum absolute atomic E-state index is 0.0414. The fraction of sp³-hybridized carbons (Fsp3) is 0.185. The van der Waals surface area contributed by atoms with Crippen molar-refractivity contribution < 1.29 is 28.7 Å². The first-order valence-electron chi connectivity index (χ1n) is 11.8. The van der Waals surface area contributed by atoms with E-state index in [9.17, 15) is 24.0 Å². The van der Waals surface area contributed by atoms with E-state index < -0.39 is 29.3 Å². The molecule has 2 amide bonds. The molecule has 0 aliphatic heterocycles. The highest BCUT2D eigenvalue weighted by atomic mass is 32.1. The standard InChI is InChI=1S/C27H24N4O7S/c1-4-13-38-26(36)17-7-11-19(12-8-17)30-24(34)22-21(31-20(32)14-15(2)28-27(31)39-22)23(33)29-18-9-5-16(6-10-18)25(35)37-3/h5-12,14H,4,13H2,1-3H3,(H,29,33)(H,30,34). The molecule has 2 aromatic carbocycles. The zero-order chi connectivity index (χ0) is 28.1. The van der Waals surface area contributed by atoms with E-state index in [2.05, 4.69) is 20.4 Å². The zero-order valence-electron chi connectivity index (χ0n) is 21.3. The monoisotopic (exact) mass is 548 g/mol. The second kappa shape index (κ2) is 11.7. The van der Waals surface area contributed by atoms with Gasteiger partial charge in [0.2, 0.25) is 0 Å². The quantitative estimate of drug-likeness (QED) is 0.315. The van der Waals surface area contributed by atoms with E-state index in [1.54, 1.807) is 6.92 Å². The molecular formula is C27H24N4O7S. The molecule has 39 heavy (non-hydrogen) atoms. The average Bonchev–Trinajstić information content (AvgIpc) is 3.32. The molecule has 0 fully saturated rings. The van der Waals surface area contributed by atoms with Crippen LogP contribution in [0.25, 0.3) is 4.96 Å². The zero-order valence-corrected chi connectivity index (χ0v) is 22.1. The largest absolute Gasteiger partial charge is 0.465 e. The Kier molecular flexibility index (Phi) is 8.15. The van der Waals surface area contributed by atoms with E-state index in [0.717, 1.165) is 15.7 Å². The van der Waals surface area contributed by atoms with Crippen LogP contribution in [-0.2, 0) is 9.47 Å². The van der Waals surface area contributed by atoms with Gasteiger partial charge in [-0.25, -0.2) is 19.0 Å². The molecule has 2 N–H and O–H groups in total. The molecule has 0 unspecified atom stereocenters. The number of ether oxygens (including phenoxy) is 2. The number of rotatable bonds is 8. The smallest absolute Gasteiger partial charge is 0.338 e. The molecule has 12 heteroatoms. The maximum absolute atomic E-state index is 13.4. The lowest BCUT2D eigenvalue weighted by atomic mass is 10.2. The van der Waals surface area contributed by atoms with E-state index in [0.29, 0.717) is 35.7 Å². The summed E-state index contributed by atoms with van der Waals surface area (Å²) < 4.78 is 10.9. The number of thiazole rings is 1. The maximum atomic E-state index is 13.4. The van der Waals surface area contributed by atoms with E-state index in [1.165, 1.54) is 61.7 Å². The summed E-state index contributed by atoms with van der Waals surface area (Å²) in [6.45, 7) is 3.83. The molecule has 0 atom stereocenters. The van der Waals surface area contributed by atoms with Crippen LogP contribution in [0, 0.1) is 6.92 Å². The van der Waals surface area contributed by atoms with Crippen molar-refractivity contribution in [3.63, 3.8) is 0 Å². The molecule has 0 bridgehead atoms. The maximum Gasteiger partial charge on any atom is 0.338 e. The van der Waals surface area contributed by atoms with Gasteiger partial charge in [-0.05, 0) is 61.9 Å². The number of aryl methyl sites for hydroxylation is 1. The number of nitrogens with zero attached hydrogens (tertiary/aromatic N) is 2. The van der Waals surface area contributed by atoms with Crippen LogP contribution < -0.4 is 16.2 Å². The number of fused-ring (bicyclic) bond motifs is 1. The highest BCUT2D eigenvalue weighted by molar-refractivity contribution is 7.19. The SMILES string of the molecule is CCCOC(=O)c1ccc(NC(=O)c2sc3nc(C)cc(=O)n3c2C(=O)Nc2ccc(C(=O)OC)cc2)cc1. The summed E-state index contributed by atoms with van der Waals surface area (Å²) in [6, 6.07) is 13.3. The molecule has 200 valence electrons.